The number of hydrogen-bond acceptors (Lipinski definition) is 4. The van der Waals surface area contributed by atoms with Crippen molar-refractivity contribution in [1.29, 1.82) is 0 Å². The Morgan fingerprint density at radius 3 is 2.37 bits per heavy atom. The normalized spacial score (nSPS) is 11.3. The Labute approximate surface area is 160 Å². The van der Waals surface area contributed by atoms with E-state index in [0.717, 1.165) is 16.8 Å². The fourth-order valence-corrected chi connectivity index (χ4v) is 4.13. The van der Waals surface area contributed by atoms with Crippen molar-refractivity contribution in [2.45, 2.75) is 32.6 Å². The van der Waals surface area contributed by atoms with E-state index in [1.54, 1.807) is 31.2 Å². The zero-order chi connectivity index (χ0) is 19.6. The Kier molecular flexibility index (Phi) is 5.19. The van der Waals surface area contributed by atoms with E-state index in [2.05, 4.69) is 28.0 Å². The van der Waals surface area contributed by atoms with Gasteiger partial charge in [0.25, 0.3) is 10.0 Å². The summed E-state index contributed by atoms with van der Waals surface area (Å²) in [6, 6.07) is 14.8. The number of aryl methyl sites for hydroxylation is 3. The van der Waals surface area contributed by atoms with E-state index in [0.29, 0.717) is 17.1 Å². The summed E-state index contributed by atoms with van der Waals surface area (Å²) in [6.45, 7) is 7.75. The molecule has 0 bridgehead atoms. The minimum atomic E-state index is -3.66. The molecule has 0 unspecified atom stereocenters. The summed E-state index contributed by atoms with van der Waals surface area (Å²) in [7, 11) is -3.66. The number of rotatable bonds is 5. The number of sulfonamides is 1. The Bertz CT molecular complexity index is 1080. The van der Waals surface area contributed by atoms with Crippen LogP contribution in [-0.4, -0.2) is 13.4 Å². The van der Waals surface area contributed by atoms with Gasteiger partial charge in [-0.2, -0.15) is 0 Å². The molecule has 0 saturated heterocycles. The van der Waals surface area contributed by atoms with Crippen LogP contribution >= 0.6 is 0 Å². The Hall–Kier alpha value is -2.86. The lowest BCUT2D eigenvalue weighted by Gasteiger charge is -2.13. The second-order valence-electron chi connectivity index (χ2n) is 6.68. The maximum absolute atomic E-state index is 12.7. The van der Waals surface area contributed by atoms with Crippen LogP contribution in [-0.2, 0) is 10.0 Å². The number of aromatic nitrogens is 1. The van der Waals surface area contributed by atoms with Gasteiger partial charge >= 0.3 is 0 Å². The highest BCUT2D eigenvalue weighted by molar-refractivity contribution is 7.92. The molecule has 0 spiro atoms. The number of hydrogen-bond donors (Lipinski definition) is 2. The third-order valence-corrected chi connectivity index (χ3v) is 6.04. The molecule has 3 rings (SSSR count). The van der Waals surface area contributed by atoms with Crippen LogP contribution in [0.1, 0.15) is 22.3 Å². The topological polar surface area (TPSA) is 71.1 Å². The van der Waals surface area contributed by atoms with Crippen LogP contribution in [0.5, 0.6) is 0 Å². The number of benzene rings is 2. The molecule has 1 heterocycles. The van der Waals surface area contributed by atoms with Crippen LogP contribution in [0.4, 0.5) is 17.2 Å². The molecule has 3 aromatic rings. The molecule has 0 aliphatic carbocycles. The van der Waals surface area contributed by atoms with E-state index < -0.39 is 10.0 Å². The van der Waals surface area contributed by atoms with Crippen molar-refractivity contribution in [2.24, 2.45) is 0 Å². The van der Waals surface area contributed by atoms with Crippen molar-refractivity contribution in [1.82, 2.24) is 4.98 Å². The van der Waals surface area contributed by atoms with Gasteiger partial charge in [-0.3, -0.25) is 4.72 Å². The van der Waals surface area contributed by atoms with Gasteiger partial charge in [-0.25, -0.2) is 13.4 Å². The number of nitrogens with one attached hydrogen (secondary N) is 2. The van der Waals surface area contributed by atoms with Crippen LogP contribution in [0, 0.1) is 27.7 Å². The lowest BCUT2D eigenvalue weighted by atomic mass is 10.1. The molecule has 0 saturated carbocycles. The van der Waals surface area contributed by atoms with Crippen LogP contribution in [0.2, 0.25) is 0 Å². The summed E-state index contributed by atoms with van der Waals surface area (Å²) in [6.07, 6.45) is 1.51. The standard InChI is InChI=1S/C21H23N3O2S/c1-14-8-9-16(3)20(12-14)27(25,26)24-18-10-11-21(22-13-18)23-19-7-5-6-15(2)17(19)4/h5-13,24H,1-4H3,(H,22,23). The van der Waals surface area contributed by atoms with Gasteiger partial charge in [0.15, 0.2) is 0 Å². The predicted octanol–water partition coefficient (Wildman–Crippen LogP) is 4.86. The Balaban J connectivity index is 1.79. The third kappa shape index (κ3) is 4.28. The van der Waals surface area contributed by atoms with Crippen molar-refractivity contribution < 1.29 is 8.42 Å². The smallest absolute Gasteiger partial charge is 0.262 e. The molecule has 2 N–H and O–H groups in total. The summed E-state index contributed by atoms with van der Waals surface area (Å²) in [5.74, 6) is 0.651. The zero-order valence-electron chi connectivity index (χ0n) is 15.9. The first-order chi connectivity index (χ1) is 12.8. The van der Waals surface area contributed by atoms with Gasteiger partial charge in [-0.15, -0.1) is 0 Å². The first kappa shape index (κ1) is 18.9. The minimum absolute atomic E-state index is 0.278. The molecule has 0 aliphatic heterocycles. The van der Waals surface area contributed by atoms with Crippen LogP contribution < -0.4 is 10.0 Å². The van der Waals surface area contributed by atoms with E-state index in [-0.39, 0.29) is 4.90 Å². The quantitative estimate of drug-likeness (QED) is 0.662. The van der Waals surface area contributed by atoms with Crippen LogP contribution in [0.15, 0.2) is 59.6 Å². The molecule has 0 amide bonds. The molecule has 0 radical (unpaired) electrons. The number of anilines is 3. The van der Waals surface area contributed by atoms with Gasteiger partial charge in [0.2, 0.25) is 0 Å². The number of pyridine rings is 1. The molecule has 2 aromatic carbocycles. The van der Waals surface area contributed by atoms with Crippen LogP contribution in [0.25, 0.3) is 0 Å². The third-order valence-electron chi connectivity index (χ3n) is 4.52. The highest BCUT2D eigenvalue weighted by Gasteiger charge is 2.17. The molecular formula is C21H23N3O2S. The highest BCUT2D eigenvalue weighted by atomic mass is 32.2. The van der Waals surface area contributed by atoms with Crippen molar-refractivity contribution in [3.8, 4) is 0 Å². The Morgan fingerprint density at radius 1 is 0.889 bits per heavy atom. The second-order valence-corrected chi connectivity index (χ2v) is 8.33. The van der Waals surface area contributed by atoms with Gasteiger partial charge < -0.3 is 5.32 Å². The first-order valence-corrected chi connectivity index (χ1v) is 10.1. The van der Waals surface area contributed by atoms with Gasteiger partial charge in [0.05, 0.1) is 16.8 Å². The molecule has 0 aliphatic rings. The largest absolute Gasteiger partial charge is 0.340 e. The summed E-state index contributed by atoms with van der Waals surface area (Å²) < 4.78 is 28.0. The fraction of sp³-hybridized carbons (Fsp3) is 0.190. The lowest BCUT2D eigenvalue weighted by Crippen LogP contribution is -2.14. The minimum Gasteiger partial charge on any atom is -0.340 e. The van der Waals surface area contributed by atoms with Gasteiger partial charge in [-0.1, -0.05) is 24.3 Å². The molecule has 27 heavy (non-hydrogen) atoms. The van der Waals surface area contributed by atoms with Gasteiger partial charge in [-0.05, 0) is 74.2 Å². The first-order valence-electron chi connectivity index (χ1n) is 8.65. The molecule has 0 atom stereocenters. The van der Waals surface area contributed by atoms with Crippen molar-refractivity contribution >= 4 is 27.2 Å². The lowest BCUT2D eigenvalue weighted by molar-refractivity contribution is 0.600. The Morgan fingerprint density at radius 2 is 1.67 bits per heavy atom. The summed E-state index contributed by atoms with van der Waals surface area (Å²) in [5, 5.41) is 3.26. The molecule has 5 nitrogen and oxygen atoms in total. The second kappa shape index (κ2) is 7.40. The maximum atomic E-state index is 12.7. The average molecular weight is 382 g/mol. The summed E-state index contributed by atoms with van der Waals surface area (Å²) in [4.78, 5) is 4.60. The van der Waals surface area contributed by atoms with E-state index in [1.165, 1.54) is 11.8 Å². The van der Waals surface area contributed by atoms with E-state index >= 15 is 0 Å². The van der Waals surface area contributed by atoms with Crippen LogP contribution in [0.3, 0.4) is 0 Å². The summed E-state index contributed by atoms with van der Waals surface area (Å²) in [5.41, 5.74) is 5.34. The average Bonchev–Trinajstić information content (AvgIpc) is 2.62. The molecule has 6 heteroatoms. The van der Waals surface area contributed by atoms with Gasteiger partial charge in [0.1, 0.15) is 5.82 Å². The van der Waals surface area contributed by atoms with Gasteiger partial charge in [0, 0.05) is 5.69 Å². The fourth-order valence-electron chi connectivity index (χ4n) is 2.76. The molecular weight excluding hydrogens is 358 g/mol. The highest BCUT2D eigenvalue weighted by Crippen LogP contribution is 2.24. The number of nitrogens with zero attached hydrogens (tertiary/aromatic N) is 1. The maximum Gasteiger partial charge on any atom is 0.262 e. The molecule has 0 fully saturated rings. The van der Waals surface area contributed by atoms with E-state index in [4.69, 9.17) is 0 Å². The SMILES string of the molecule is Cc1ccc(C)c(S(=O)(=O)Nc2ccc(Nc3cccc(C)c3C)nc2)c1. The molecule has 1 aromatic heterocycles. The zero-order valence-corrected chi connectivity index (χ0v) is 16.7. The van der Waals surface area contributed by atoms with Crippen molar-refractivity contribution in [2.75, 3.05) is 10.0 Å². The molecule has 140 valence electrons. The monoisotopic (exact) mass is 381 g/mol. The van der Waals surface area contributed by atoms with Crippen molar-refractivity contribution in [3.63, 3.8) is 0 Å². The predicted molar refractivity (Wildman–Crippen MR) is 110 cm³/mol. The summed E-state index contributed by atoms with van der Waals surface area (Å²) >= 11 is 0. The van der Waals surface area contributed by atoms with E-state index in [1.807, 2.05) is 32.0 Å². The van der Waals surface area contributed by atoms with E-state index in [9.17, 15) is 8.42 Å². The van der Waals surface area contributed by atoms with Crippen molar-refractivity contribution in [3.05, 3.63) is 77.0 Å².